The van der Waals surface area contributed by atoms with Crippen LogP contribution in [0.15, 0.2) is 41.4 Å². The molecule has 5 heteroatoms. The third-order valence-electron chi connectivity index (χ3n) is 3.53. The lowest BCUT2D eigenvalue weighted by Gasteiger charge is -2.32. The molecule has 1 aromatic heterocycles. The molecule has 1 heterocycles. The second-order valence-corrected chi connectivity index (χ2v) is 7.16. The van der Waals surface area contributed by atoms with Crippen LogP contribution in [0.1, 0.15) is 26.3 Å². The van der Waals surface area contributed by atoms with Crippen molar-refractivity contribution in [1.29, 1.82) is 0 Å². The summed E-state index contributed by atoms with van der Waals surface area (Å²) in [5.41, 5.74) is 1.04. The van der Waals surface area contributed by atoms with Crippen LogP contribution < -0.4 is 5.32 Å². The van der Waals surface area contributed by atoms with Crippen LogP contribution in [-0.2, 0) is 13.1 Å². The number of aromatic nitrogens is 2. The van der Waals surface area contributed by atoms with Crippen molar-refractivity contribution < 1.29 is 4.39 Å². The quantitative estimate of drug-likeness (QED) is 0.880. The van der Waals surface area contributed by atoms with Gasteiger partial charge in [-0.2, -0.15) is 0 Å². The van der Waals surface area contributed by atoms with Crippen LogP contribution in [0.5, 0.6) is 0 Å². The molecule has 21 heavy (non-hydrogen) atoms. The number of imidazole rings is 1. The molecule has 0 amide bonds. The average Bonchev–Trinajstić information content (AvgIpc) is 2.90. The predicted molar refractivity (Wildman–Crippen MR) is 86.4 cm³/mol. The van der Waals surface area contributed by atoms with Gasteiger partial charge in [0, 0.05) is 31.5 Å². The maximum absolute atomic E-state index is 13.6. The number of rotatable bonds is 5. The Hall–Kier alpha value is -1.20. The molecule has 0 aliphatic carbocycles. The summed E-state index contributed by atoms with van der Waals surface area (Å²) in [7, 11) is 0. The Morgan fingerprint density at radius 1 is 1.38 bits per heavy atom. The number of nitrogens with one attached hydrogen (secondary N) is 1. The number of halogens is 2. The number of nitrogens with zero attached hydrogens (tertiary/aromatic N) is 2. The van der Waals surface area contributed by atoms with Crippen molar-refractivity contribution >= 4 is 15.9 Å². The summed E-state index contributed by atoms with van der Waals surface area (Å²) in [6, 6.07) is 5.50. The molecular weight excluding hydrogens is 333 g/mol. The van der Waals surface area contributed by atoms with E-state index in [1.807, 2.05) is 18.6 Å². The van der Waals surface area contributed by atoms with Crippen molar-refractivity contribution in [2.45, 2.75) is 39.9 Å². The van der Waals surface area contributed by atoms with E-state index < -0.39 is 0 Å². The first-order valence-corrected chi connectivity index (χ1v) is 7.78. The second-order valence-electron chi connectivity index (χ2n) is 6.31. The van der Waals surface area contributed by atoms with Gasteiger partial charge in [-0.1, -0.05) is 26.8 Å². The van der Waals surface area contributed by atoms with Crippen molar-refractivity contribution in [3.63, 3.8) is 0 Å². The number of hydrogen-bond donors (Lipinski definition) is 1. The Kier molecular flexibility index (Phi) is 5.17. The van der Waals surface area contributed by atoms with E-state index in [0.717, 1.165) is 12.1 Å². The summed E-state index contributed by atoms with van der Waals surface area (Å²) in [6.07, 6.45) is 5.56. The van der Waals surface area contributed by atoms with Gasteiger partial charge in [0.25, 0.3) is 0 Å². The van der Waals surface area contributed by atoms with Gasteiger partial charge >= 0.3 is 0 Å². The van der Waals surface area contributed by atoms with Crippen molar-refractivity contribution in [2.24, 2.45) is 5.41 Å². The van der Waals surface area contributed by atoms with Gasteiger partial charge in [0.15, 0.2) is 0 Å². The summed E-state index contributed by atoms with van der Waals surface area (Å²) in [5.74, 6) is -0.226. The molecular formula is C16H21BrFN3. The van der Waals surface area contributed by atoms with E-state index >= 15 is 0 Å². The summed E-state index contributed by atoms with van der Waals surface area (Å²) in [6.45, 7) is 8.07. The Labute approximate surface area is 133 Å². The molecule has 1 atom stereocenters. The summed E-state index contributed by atoms with van der Waals surface area (Å²) in [4.78, 5) is 4.08. The standard InChI is InChI=1S/C16H21BrFN3/c1-16(2,3)15(10-21-7-6-19-11-21)20-9-12-4-5-13(17)14(18)8-12/h4-8,11,15,20H,9-10H2,1-3H3. The van der Waals surface area contributed by atoms with Crippen LogP contribution in [0.4, 0.5) is 4.39 Å². The smallest absolute Gasteiger partial charge is 0.137 e. The molecule has 1 aromatic carbocycles. The molecule has 0 aliphatic rings. The van der Waals surface area contributed by atoms with Gasteiger partial charge in [0.05, 0.1) is 10.8 Å². The molecule has 114 valence electrons. The van der Waals surface area contributed by atoms with Gasteiger partial charge in [0.1, 0.15) is 5.82 Å². The van der Waals surface area contributed by atoms with Gasteiger partial charge in [0.2, 0.25) is 0 Å². The van der Waals surface area contributed by atoms with Gasteiger partial charge in [-0.15, -0.1) is 0 Å². The highest BCUT2D eigenvalue weighted by atomic mass is 79.9. The highest BCUT2D eigenvalue weighted by Crippen LogP contribution is 2.22. The number of hydrogen-bond acceptors (Lipinski definition) is 2. The molecule has 0 radical (unpaired) electrons. The minimum atomic E-state index is -0.226. The topological polar surface area (TPSA) is 29.9 Å². The Morgan fingerprint density at radius 3 is 2.71 bits per heavy atom. The van der Waals surface area contributed by atoms with E-state index in [9.17, 15) is 4.39 Å². The average molecular weight is 354 g/mol. The minimum absolute atomic E-state index is 0.0954. The van der Waals surface area contributed by atoms with Crippen LogP contribution in [0.25, 0.3) is 0 Å². The molecule has 0 bridgehead atoms. The zero-order valence-corrected chi connectivity index (χ0v) is 14.2. The lowest BCUT2D eigenvalue weighted by atomic mass is 9.86. The fraction of sp³-hybridized carbons (Fsp3) is 0.438. The fourth-order valence-electron chi connectivity index (χ4n) is 2.14. The molecule has 0 fully saturated rings. The minimum Gasteiger partial charge on any atom is -0.336 e. The van der Waals surface area contributed by atoms with Crippen LogP contribution in [-0.4, -0.2) is 15.6 Å². The third-order valence-corrected chi connectivity index (χ3v) is 4.18. The van der Waals surface area contributed by atoms with E-state index in [4.69, 9.17) is 0 Å². The second kappa shape index (κ2) is 6.71. The normalized spacial score (nSPS) is 13.4. The van der Waals surface area contributed by atoms with E-state index in [1.54, 1.807) is 18.3 Å². The lowest BCUT2D eigenvalue weighted by Crippen LogP contribution is -2.43. The largest absolute Gasteiger partial charge is 0.336 e. The Bertz CT molecular complexity index is 576. The summed E-state index contributed by atoms with van der Waals surface area (Å²) < 4.78 is 16.1. The molecule has 1 N–H and O–H groups in total. The van der Waals surface area contributed by atoms with E-state index in [-0.39, 0.29) is 17.3 Å². The zero-order valence-electron chi connectivity index (χ0n) is 12.6. The number of benzene rings is 1. The first-order chi connectivity index (χ1) is 9.86. The van der Waals surface area contributed by atoms with Crippen molar-refractivity contribution in [1.82, 2.24) is 14.9 Å². The molecule has 0 saturated heterocycles. The molecule has 0 spiro atoms. The molecule has 2 aromatic rings. The van der Waals surface area contributed by atoms with Crippen molar-refractivity contribution in [3.8, 4) is 0 Å². The van der Waals surface area contributed by atoms with E-state index in [0.29, 0.717) is 11.0 Å². The SMILES string of the molecule is CC(C)(C)C(Cn1ccnc1)NCc1ccc(Br)c(F)c1. The summed E-state index contributed by atoms with van der Waals surface area (Å²) in [5, 5.41) is 3.53. The monoisotopic (exact) mass is 353 g/mol. The predicted octanol–water partition coefficient (Wildman–Crippen LogP) is 3.99. The van der Waals surface area contributed by atoms with Gasteiger partial charge in [-0.05, 0) is 39.0 Å². The molecule has 0 aliphatic heterocycles. The van der Waals surface area contributed by atoms with Gasteiger partial charge in [-0.25, -0.2) is 9.37 Å². The molecule has 3 nitrogen and oxygen atoms in total. The van der Waals surface area contributed by atoms with E-state index in [2.05, 4.69) is 51.6 Å². The molecule has 1 unspecified atom stereocenters. The highest BCUT2D eigenvalue weighted by molar-refractivity contribution is 9.10. The van der Waals surface area contributed by atoms with Crippen molar-refractivity contribution in [2.75, 3.05) is 0 Å². The maximum atomic E-state index is 13.6. The Morgan fingerprint density at radius 2 is 2.14 bits per heavy atom. The highest BCUT2D eigenvalue weighted by Gasteiger charge is 2.24. The fourth-order valence-corrected chi connectivity index (χ4v) is 2.39. The van der Waals surface area contributed by atoms with Crippen LogP contribution in [0, 0.1) is 11.2 Å². The molecule has 2 rings (SSSR count). The van der Waals surface area contributed by atoms with Gasteiger partial charge in [-0.3, -0.25) is 0 Å². The summed E-state index contributed by atoms with van der Waals surface area (Å²) >= 11 is 3.18. The lowest BCUT2D eigenvalue weighted by molar-refractivity contribution is 0.240. The third kappa shape index (κ3) is 4.64. The van der Waals surface area contributed by atoms with Crippen molar-refractivity contribution in [3.05, 3.63) is 52.8 Å². The van der Waals surface area contributed by atoms with E-state index in [1.165, 1.54) is 0 Å². The first kappa shape index (κ1) is 16.2. The Balaban J connectivity index is 2.03. The van der Waals surface area contributed by atoms with Gasteiger partial charge < -0.3 is 9.88 Å². The van der Waals surface area contributed by atoms with Crippen LogP contribution in [0.2, 0.25) is 0 Å². The maximum Gasteiger partial charge on any atom is 0.137 e. The van der Waals surface area contributed by atoms with Crippen LogP contribution >= 0.6 is 15.9 Å². The first-order valence-electron chi connectivity index (χ1n) is 6.99. The van der Waals surface area contributed by atoms with Crippen LogP contribution in [0.3, 0.4) is 0 Å². The zero-order chi connectivity index (χ0) is 15.5. The molecule has 0 saturated carbocycles.